The number of amides is 2. The maximum Gasteiger partial charge on any atom is 0.227 e. The summed E-state index contributed by atoms with van der Waals surface area (Å²) >= 11 is 0. The zero-order valence-electron chi connectivity index (χ0n) is 20.0. The minimum atomic E-state index is -0.572. The summed E-state index contributed by atoms with van der Waals surface area (Å²) in [6, 6.07) is 11.7. The largest absolute Gasteiger partial charge is 0.487 e. The summed E-state index contributed by atoms with van der Waals surface area (Å²) in [4.78, 5) is 25.3. The Morgan fingerprint density at radius 2 is 1.94 bits per heavy atom. The molecule has 192 valence electrons. The van der Waals surface area contributed by atoms with Crippen molar-refractivity contribution in [2.75, 3.05) is 25.1 Å². The summed E-state index contributed by atoms with van der Waals surface area (Å²) in [6.45, 7) is 1.18. The van der Waals surface area contributed by atoms with Crippen molar-refractivity contribution >= 4 is 17.5 Å². The van der Waals surface area contributed by atoms with Crippen LogP contribution in [0, 0.1) is 11.7 Å². The lowest BCUT2D eigenvalue weighted by Crippen LogP contribution is -2.47. The highest BCUT2D eigenvalue weighted by Gasteiger charge is 2.46. The summed E-state index contributed by atoms with van der Waals surface area (Å²) in [5.74, 6) is -0.0116. The van der Waals surface area contributed by atoms with Crippen LogP contribution in [0.1, 0.15) is 42.7 Å². The summed E-state index contributed by atoms with van der Waals surface area (Å²) in [7, 11) is 0. The number of aliphatic hydroxyl groups excluding tert-OH is 1. The summed E-state index contributed by atoms with van der Waals surface area (Å²) in [5.41, 5.74) is 2.32. The molecule has 36 heavy (non-hydrogen) atoms. The van der Waals surface area contributed by atoms with Crippen molar-refractivity contribution in [3.8, 4) is 5.75 Å². The summed E-state index contributed by atoms with van der Waals surface area (Å²) in [5, 5.41) is 15.8. The minimum Gasteiger partial charge on any atom is -0.487 e. The molecule has 0 aromatic heterocycles. The van der Waals surface area contributed by atoms with Crippen LogP contribution in [0.15, 0.2) is 42.5 Å². The average molecular weight is 499 g/mol. The average Bonchev–Trinajstić information content (AvgIpc) is 3.25. The van der Waals surface area contributed by atoms with Crippen molar-refractivity contribution in [2.45, 2.75) is 56.5 Å². The van der Waals surface area contributed by atoms with Crippen LogP contribution in [-0.2, 0) is 25.6 Å². The number of carbonyl (C=O) groups is 2. The van der Waals surface area contributed by atoms with Crippen LogP contribution in [-0.4, -0.2) is 55.1 Å². The van der Waals surface area contributed by atoms with Crippen LogP contribution in [0.25, 0.3) is 0 Å². The second kappa shape index (κ2) is 10.9. The standard InChI is InChI=1S/C27H31FN2O6/c28-18-3-1-2-16(10-18)14-29-25(32)13-20-12-22-21-11-19(30-27(33)17-6-8-34-9-7-17)4-5-23(21)36-26(22)24(15-31)35-20/h1-5,10-11,17,20,22,24,26,31H,6-9,12-15H2,(H,29,32)(H,30,33)/t20-,22+,24+,26-/m0/s1. The minimum absolute atomic E-state index is 0.0122. The number of rotatable bonds is 7. The van der Waals surface area contributed by atoms with Gasteiger partial charge in [0, 0.05) is 42.8 Å². The predicted octanol–water partition coefficient (Wildman–Crippen LogP) is 2.89. The smallest absolute Gasteiger partial charge is 0.227 e. The lowest BCUT2D eigenvalue weighted by atomic mass is 9.84. The first-order valence-corrected chi connectivity index (χ1v) is 12.5. The molecule has 8 nitrogen and oxygen atoms in total. The molecular formula is C27H31FN2O6. The van der Waals surface area contributed by atoms with Gasteiger partial charge in [0.2, 0.25) is 11.8 Å². The third-order valence-electron chi connectivity index (χ3n) is 7.15. The van der Waals surface area contributed by atoms with E-state index in [1.165, 1.54) is 12.1 Å². The van der Waals surface area contributed by atoms with Gasteiger partial charge in [-0.25, -0.2) is 4.39 Å². The number of fused-ring (bicyclic) bond motifs is 3. The van der Waals surface area contributed by atoms with Crippen molar-refractivity contribution in [2.24, 2.45) is 5.92 Å². The number of carbonyl (C=O) groups excluding carboxylic acids is 2. The molecule has 3 N–H and O–H groups in total. The molecule has 0 bridgehead atoms. The number of nitrogens with one attached hydrogen (secondary N) is 2. The van der Waals surface area contributed by atoms with Gasteiger partial charge in [-0.05, 0) is 55.2 Å². The van der Waals surface area contributed by atoms with Gasteiger partial charge in [-0.15, -0.1) is 0 Å². The van der Waals surface area contributed by atoms with Crippen LogP contribution >= 0.6 is 0 Å². The van der Waals surface area contributed by atoms with E-state index in [1.807, 2.05) is 18.2 Å². The van der Waals surface area contributed by atoms with E-state index in [1.54, 1.807) is 12.1 Å². The van der Waals surface area contributed by atoms with Gasteiger partial charge >= 0.3 is 0 Å². The molecule has 2 aromatic rings. The maximum atomic E-state index is 13.4. The monoisotopic (exact) mass is 498 g/mol. The molecule has 3 aliphatic heterocycles. The number of aliphatic hydroxyl groups is 1. The van der Waals surface area contributed by atoms with E-state index in [9.17, 15) is 19.1 Å². The fraction of sp³-hybridized carbons (Fsp3) is 0.481. The van der Waals surface area contributed by atoms with Gasteiger partial charge in [0.15, 0.2) is 0 Å². The van der Waals surface area contributed by atoms with Gasteiger partial charge in [-0.3, -0.25) is 9.59 Å². The fourth-order valence-electron chi connectivity index (χ4n) is 5.30. The molecule has 0 aliphatic carbocycles. The Balaban J connectivity index is 1.23. The highest BCUT2D eigenvalue weighted by molar-refractivity contribution is 5.92. The van der Waals surface area contributed by atoms with Crippen molar-refractivity contribution < 1.29 is 33.3 Å². The van der Waals surface area contributed by atoms with Crippen molar-refractivity contribution in [3.63, 3.8) is 0 Å². The van der Waals surface area contributed by atoms with Crippen LogP contribution < -0.4 is 15.4 Å². The van der Waals surface area contributed by atoms with Crippen molar-refractivity contribution in [3.05, 3.63) is 59.4 Å². The molecular weight excluding hydrogens is 467 g/mol. The van der Waals surface area contributed by atoms with Crippen LogP contribution in [0.2, 0.25) is 0 Å². The quantitative estimate of drug-likeness (QED) is 0.542. The maximum absolute atomic E-state index is 13.4. The Morgan fingerprint density at radius 3 is 2.72 bits per heavy atom. The van der Waals surface area contributed by atoms with Crippen molar-refractivity contribution in [1.82, 2.24) is 5.32 Å². The number of hydrogen-bond acceptors (Lipinski definition) is 6. The van der Waals surface area contributed by atoms with E-state index >= 15 is 0 Å². The number of halogens is 1. The van der Waals surface area contributed by atoms with E-state index in [-0.39, 0.29) is 55.1 Å². The van der Waals surface area contributed by atoms with Gasteiger partial charge in [0.25, 0.3) is 0 Å². The van der Waals surface area contributed by atoms with E-state index in [0.29, 0.717) is 49.5 Å². The van der Waals surface area contributed by atoms with Crippen LogP contribution in [0.4, 0.5) is 10.1 Å². The molecule has 0 unspecified atom stereocenters. The van der Waals surface area contributed by atoms with Gasteiger partial charge < -0.3 is 30.0 Å². The molecule has 2 saturated heterocycles. The molecule has 0 saturated carbocycles. The second-order valence-electron chi connectivity index (χ2n) is 9.64. The van der Waals surface area contributed by atoms with Gasteiger partial charge in [0.05, 0.1) is 19.1 Å². The van der Waals surface area contributed by atoms with E-state index in [4.69, 9.17) is 14.2 Å². The highest BCUT2D eigenvalue weighted by atomic mass is 19.1. The Labute approximate surface area is 209 Å². The number of benzene rings is 2. The third-order valence-corrected chi connectivity index (χ3v) is 7.15. The van der Waals surface area contributed by atoms with Crippen molar-refractivity contribution in [1.29, 1.82) is 0 Å². The van der Waals surface area contributed by atoms with Crippen LogP contribution in [0.5, 0.6) is 5.75 Å². The first kappa shape index (κ1) is 24.7. The number of ether oxygens (including phenoxy) is 3. The predicted molar refractivity (Wildman–Crippen MR) is 129 cm³/mol. The van der Waals surface area contributed by atoms with E-state index < -0.39 is 12.2 Å². The first-order chi connectivity index (χ1) is 17.5. The highest BCUT2D eigenvalue weighted by Crippen LogP contribution is 2.47. The normalized spacial score (nSPS) is 25.4. The SMILES string of the molecule is O=C(C[C@@H]1C[C@@H]2c3cc(NC(=O)C4CCOCC4)ccc3O[C@@H]2[C@@H](CO)O1)NCc1cccc(F)c1. The zero-order chi connectivity index (χ0) is 25.1. The Kier molecular flexibility index (Phi) is 7.50. The Hall–Kier alpha value is -3.01. The molecule has 0 spiro atoms. The molecule has 3 aliphatic rings. The Morgan fingerprint density at radius 1 is 1.11 bits per heavy atom. The fourth-order valence-corrected chi connectivity index (χ4v) is 5.30. The van der Waals surface area contributed by atoms with Gasteiger partial charge in [-0.2, -0.15) is 0 Å². The number of anilines is 1. The molecule has 5 rings (SSSR count). The van der Waals surface area contributed by atoms with Crippen LogP contribution in [0.3, 0.4) is 0 Å². The van der Waals surface area contributed by atoms with E-state index in [0.717, 1.165) is 5.56 Å². The van der Waals surface area contributed by atoms with Gasteiger partial charge in [-0.1, -0.05) is 12.1 Å². The Bertz CT molecular complexity index is 1110. The third kappa shape index (κ3) is 5.53. The second-order valence-corrected chi connectivity index (χ2v) is 9.64. The molecule has 0 radical (unpaired) electrons. The van der Waals surface area contributed by atoms with E-state index in [2.05, 4.69) is 10.6 Å². The molecule has 9 heteroatoms. The molecule has 4 atom stereocenters. The molecule has 2 fully saturated rings. The van der Waals surface area contributed by atoms with Gasteiger partial charge in [0.1, 0.15) is 23.8 Å². The molecule has 2 aromatic carbocycles. The summed E-state index contributed by atoms with van der Waals surface area (Å²) < 4.78 is 30.9. The molecule has 2 amide bonds. The lowest BCUT2D eigenvalue weighted by Gasteiger charge is -2.37. The number of hydrogen-bond donors (Lipinski definition) is 3. The summed E-state index contributed by atoms with van der Waals surface area (Å²) in [6.07, 6.45) is 0.733. The topological polar surface area (TPSA) is 106 Å². The zero-order valence-corrected chi connectivity index (χ0v) is 20.0. The molecule has 3 heterocycles. The first-order valence-electron chi connectivity index (χ1n) is 12.5. The lowest BCUT2D eigenvalue weighted by molar-refractivity contribution is -0.142.